The van der Waals surface area contributed by atoms with Crippen molar-refractivity contribution in [1.29, 1.82) is 0 Å². The second kappa shape index (κ2) is 3.88. The second-order valence-electron chi connectivity index (χ2n) is 2.88. The summed E-state index contributed by atoms with van der Waals surface area (Å²) in [5.41, 5.74) is -1.42. The minimum Gasteiger partial charge on any atom is -0.478 e. The number of halogens is 4. The lowest BCUT2D eigenvalue weighted by Crippen LogP contribution is -2.14. The van der Waals surface area contributed by atoms with Gasteiger partial charge >= 0.3 is 12.1 Å². The Morgan fingerprint density at radius 3 is 2.40 bits per heavy atom. The molecule has 1 rings (SSSR count). The molecule has 0 amide bonds. The van der Waals surface area contributed by atoms with Gasteiger partial charge in [0.2, 0.25) is 0 Å². The van der Waals surface area contributed by atoms with Gasteiger partial charge in [0, 0.05) is 0 Å². The smallest absolute Gasteiger partial charge is 0.393 e. The van der Waals surface area contributed by atoms with E-state index in [1.807, 2.05) is 0 Å². The van der Waals surface area contributed by atoms with Crippen LogP contribution in [-0.4, -0.2) is 17.3 Å². The van der Waals surface area contributed by atoms with Crippen LogP contribution in [0.4, 0.5) is 17.6 Å². The Bertz CT molecular complexity index is 384. The number of aromatic carboxylic acids is 1. The number of benzene rings is 1. The van der Waals surface area contributed by atoms with Crippen molar-refractivity contribution in [3.8, 4) is 0 Å². The van der Waals surface area contributed by atoms with Crippen LogP contribution in [-0.2, 0) is 6.42 Å². The van der Waals surface area contributed by atoms with E-state index in [4.69, 9.17) is 5.11 Å². The van der Waals surface area contributed by atoms with Crippen LogP contribution in [0.5, 0.6) is 0 Å². The molecule has 0 aliphatic carbocycles. The van der Waals surface area contributed by atoms with Crippen LogP contribution < -0.4 is 0 Å². The Hall–Kier alpha value is -1.59. The van der Waals surface area contributed by atoms with Crippen molar-refractivity contribution in [2.24, 2.45) is 0 Å². The molecule has 0 saturated carbocycles. The fourth-order valence-electron chi connectivity index (χ4n) is 1.10. The van der Waals surface area contributed by atoms with Gasteiger partial charge in [-0.05, 0) is 11.6 Å². The minimum absolute atomic E-state index is 0.664. The number of hydrogen-bond donors (Lipinski definition) is 1. The van der Waals surface area contributed by atoms with E-state index >= 15 is 0 Å². The summed E-state index contributed by atoms with van der Waals surface area (Å²) in [6.07, 6.45) is -6.03. The first-order chi connectivity index (χ1) is 6.81. The Labute approximate surface area is 82.1 Å². The molecule has 6 heteroatoms. The van der Waals surface area contributed by atoms with E-state index in [0.29, 0.717) is 0 Å². The largest absolute Gasteiger partial charge is 0.478 e. The van der Waals surface area contributed by atoms with Gasteiger partial charge in [-0.2, -0.15) is 13.2 Å². The molecule has 15 heavy (non-hydrogen) atoms. The average Bonchev–Trinajstić information content (AvgIpc) is 2.05. The zero-order chi connectivity index (χ0) is 11.6. The number of alkyl halides is 3. The summed E-state index contributed by atoms with van der Waals surface area (Å²) < 4.78 is 49.0. The number of hydrogen-bond acceptors (Lipinski definition) is 1. The Balaban J connectivity index is 3.10. The highest BCUT2D eigenvalue weighted by atomic mass is 19.4. The fraction of sp³-hybridized carbons (Fsp3) is 0.222. The first-order valence-electron chi connectivity index (χ1n) is 3.88. The van der Waals surface area contributed by atoms with Crippen molar-refractivity contribution >= 4 is 5.97 Å². The van der Waals surface area contributed by atoms with Crippen molar-refractivity contribution in [3.63, 3.8) is 0 Å². The van der Waals surface area contributed by atoms with Crippen LogP contribution in [0.3, 0.4) is 0 Å². The van der Waals surface area contributed by atoms with Gasteiger partial charge in [0.1, 0.15) is 5.82 Å². The van der Waals surface area contributed by atoms with E-state index in [1.165, 1.54) is 0 Å². The summed E-state index contributed by atoms with van der Waals surface area (Å²) in [6, 6.07) is 2.90. The summed E-state index contributed by atoms with van der Waals surface area (Å²) in [4.78, 5) is 10.4. The quantitative estimate of drug-likeness (QED) is 0.781. The van der Waals surface area contributed by atoms with Crippen LogP contribution in [0.2, 0.25) is 0 Å². The summed E-state index contributed by atoms with van der Waals surface area (Å²) >= 11 is 0. The maximum absolute atomic E-state index is 13.2. The number of carbonyl (C=O) groups is 1. The van der Waals surface area contributed by atoms with Gasteiger partial charge in [-0.1, -0.05) is 12.1 Å². The molecule has 0 aliphatic heterocycles. The molecule has 0 unspecified atom stereocenters. The molecular formula is C9H6F4O2. The highest BCUT2D eigenvalue weighted by molar-refractivity contribution is 5.88. The molecule has 0 fully saturated rings. The van der Waals surface area contributed by atoms with Crippen molar-refractivity contribution in [1.82, 2.24) is 0 Å². The maximum atomic E-state index is 13.2. The number of rotatable bonds is 2. The van der Waals surface area contributed by atoms with E-state index in [2.05, 4.69) is 0 Å². The number of carboxylic acids is 1. The molecule has 1 N–H and O–H groups in total. The van der Waals surface area contributed by atoms with Crippen molar-refractivity contribution in [2.45, 2.75) is 12.6 Å². The maximum Gasteiger partial charge on any atom is 0.393 e. The zero-order valence-corrected chi connectivity index (χ0v) is 7.31. The van der Waals surface area contributed by atoms with Crippen LogP contribution in [0.1, 0.15) is 15.9 Å². The van der Waals surface area contributed by atoms with Crippen molar-refractivity contribution < 1.29 is 27.5 Å². The molecule has 1 aromatic carbocycles. The Morgan fingerprint density at radius 2 is 1.93 bits per heavy atom. The lowest BCUT2D eigenvalue weighted by molar-refractivity contribution is -0.127. The third kappa shape index (κ3) is 2.93. The molecule has 82 valence electrons. The van der Waals surface area contributed by atoms with Gasteiger partial charge in [0.15, 0.2) is 0 Å². The number of carboxylic acid groups (broad SMARTS) is 1. The SMILES string of the molecule is O=C(O)c1cccc(CC(F)(F)F)c1F. The Morgan fingerprint density at radius 1 is 1.33 bits per heavy atom. The molecule has 0 aliphatic rings. The van der Waals surface area contributed by atoms with E-state index in [9.17, 15) is 22.4 Å². The van der Waals surface area contributed by atoms with Gasteiger partial charge in [0.05, 0.1) is 12.0 Å². The molecule has 0 spiro atoms. The minimum atomic E-state index is -4.56. The third-order valence-corrected chi connectivity index (χ3v) is 1.70. The van der Waals surface area contributed by atoms with Crippen LogP contribution >= 0.6 is 0 Å². The molecule has 0 radical (unpaired) electrons. The van der Waals surface area contributed by atoms with E-state index in [0.717, 1.165) is 18.2 Å². The standard InChI is InChI=1S/C9H6F4O2/c10-7-5(4-9(11,12)13)2-1-3-6(7)8(14)15/h1-3H,4H2,(H,14,15). The van der Waals surface area contributed by atoms with E-state index < -0.39 is 35.5 Å². The van der Waals surface area contributed by atoms with Crippen molar-refractivity contribution in [3.05, 3.63) is 35.1 Å². The molecule has 2 nitrogen and oxygen atoms in total. The molecule has 0 atom stereocenters. The molecular weight excluding hydrogens is 216 g/mol. The van der Waals surface area contributed by atoms with Crippen LogP contribution in [0.25, 0.3) is 0 Å². The van der Waals surface area contributed by atoms with Crippen molar-refractivity contribution in [2.75, 3.05) is 0 Å². The average molecular weight is 222 g/mol. The van der Waals surface area contributed by atoms with Crippen LogP contribution in [0, 0.1) is 5.82 Å². The van der Waals surface area contributed by atoms with Gasteiger partial charge < -0.3 is 5.11 Å². The van der Waals surface area contributed by atoms with E-state index in [1.54, 1.807) is 0 Å². The predicted octanol–water partition coefficient (Wildman–Crippen LogP) is 2.63. The summed E-state index contributed by atoms with van der Waals surface area (Å²) in [5.74, 6) is -2.92. The molecule has 0 saturated heterocycles. The van der Waals surface area contributed by atoms with E-state index in [-0.39, 0.29) is 0 Å². The Kier molecular flexibility index (Phi) is 2.97. The van der Waals surface area contributed by atoms with Crippen LogP contribution in [0.15, 0.2) is 18.2 Å². The topological polar surface area (TPSA) is 37.3 Å². The zero-order valence-electron chi connectivity index (χ0n) is 7.31. The lowest BCUT2D eigenvalue weighted by atomic mass is 10.1. The summed E-state index contributed by atoms with van der Waals surface area (Å²) in [5, 5.41) is 8.47. The first kappa shape index (κ1) is 11.5. The molecule has 1 aromatic rings. The lowest BCUT2D eigenvalue weighted by Gasteiger charge is -2.08. The third-order valence-electron chi connectivity index (χ3n) is 1.70. The van der Waals surface area contributed by atoms with Gasteiger partial charge in [-0.3, -0.25) is 0 Å². The molecule has 0 aromatic heterocycles. The monoisotopic (exact) mass is 222 g/mol. The molecule has 0 heterocycles. The highest BCUT2D eigenvalue weighted by Gasteiger charge is 2.30. The fourth-order valence-corrected chi connectivity index (χ4v) is 1.10. The second-order valence-corrected chi connectivity index (χ2v) is 2.88. The summed E-state index contributed by atoms with van der Waals surface area (Å²) in [6.45, 7) is 0. The van der Waals surface area contributed by atoms with Gasteiger partial charge in [0.25, 0.3) is 0 Å². The highest BCUT2D eigenvalue weighted by Crippen LogP contribution is 2.24. The summed E-state index contributed by atoms with van der Waals surface area (Å²) in [7, 11) is 0. The van der Waals surface area contributed by atoms with Gasteiger partial charge in [-0.15, -0.1) is 0 Å². The predicted molar refractivity (Wildman–Crippen MR) is 43.1 cm³/mol. The molecule has 0 bridgehead atoms. The first-order valence-corrected chi connectivity index (χ1v) is 3.88. The van der Waals surface area contributed by atoms with Gasteiger partial charge in [-0.25, -0.2) is 9.18 Å². The normalized spacial score (nSPS) is 11.5.